The molecule has 144 valence electrons. The van der Waals surface area contributed by atoms with E-state index in [0.29, 0.717) is 22.6 Å². The number of aryl methyl sites for hydroxylation is 2. The van der Waals surface area contributed by atoms with Gasteiger partial charge in [0.25, 0.3) is 5.91 Å². The summed E-state index contributed by atoms with van der Waals surface area (Å²) < 4.78 is 0. The van der Waals surface area contributed by atoms with Gasteiger partial charge in [-0.25, -0.2) is 4.98 Å². The molecule has 4 aromatic rings. The Labute approximate surface area is 175 Å². The molecule has 1 N–H and O–H groups in total. The fourth-order valence-corrected chi connectivity index (χ4v) is 3.60. The molecule has 0 radical (unpaired) electrons. The fraction of sp³-hybridized carbons (Fsp3) is 0.120. The molecule has 1 heterocycles. The molecule has 0 aliphatic rings. The van der Waals surface area contributed by atoms with Crippen LogP contribution in [0.2, 0.25) is 5.02 Å². The van der Waals surface area contributed by atoms with E-state index in [1.165, 1.54) is 5.56 Å². The van der Waals surface area contributed by atoms with Crippen LogP contribution in [0.1, 0.15) is 27.0 Å². The van der Waals surface area contributed by atoms with Crippen molar-refractivity contribution < 1.29 is 4.79 Å². The zero-order valence-corrected chi connectivity index (χ0v) is 17.1. The third-order valence-corrected chi connectivity index (χ3v) is 5.33. The van der Waals surface area contributed by atoms with Gasteiger partial charge in [-0.05, 0) is 37.1 Å². The first-order valence-corrected chi connectivity index (χ1v) is 9.90. The van der Waals surface area contributed by atoms with Crippen molar-refractivity contribution >= 4 is 28.4 Å². The number of para-hydroxylation sites is 1. The number of nitrogens with zero attached hydrogens (tertiary/aromatic N) is 1. The predicted molar refractivity (Wildman–Crippen MR) is 119 cm³/mol. The number of carbonyl (C=O) groups is 1. The van der Waals surface area contributed by atoms with Gasteiger partial charge in [0.05, 0.1) is 21.8 Å². The Morgan fingerprint density at radius 3 is 2.48 bits per heavy atom. The zero-order chi connectivity index (χ0) is 20.4. The SMILES string of the molecule is Cc1ccc(CNC(=O)c2cc(-c3ccccc3C)nc3c(Cl)cccc23)cc1. The van der Waals surface area contributed by atoms with Crippen molar-refractivity contribution in [2.45, 2.75) is 20.4 Å². The summed E-state index contributed by atoms with van der Waals surface area (Å²) in [5.41, 5.74) is 6.28. The number of rotatable bonds is 4. The Morgan fingerprint density at radius 2 is 1.72 bits per heavy atom. The van der Waals surface area contributed by atoms with Crippen molar-refractivity contribution in [2.24, 2.45) is 0 Å². The molecule has 0 saturated carbocycles. The maximum atomic E-state index is 13.1. The van der Waals surface area contributed by atoms with Crippen molar-refractivity contribution in [2.75, 3.05) is 0 Å². The number of pyridine rings is 1. The average Bonchev–Trinajstić information content (AvgIpc) is 2.73. The normalized spacial score (nSPS) is 10.9. The maximum absolute atomic E-state index is 13.1. The largest absolute Gasteiger partial charge is 0.348 e. The highest BCUT2D eigenvalue weighted by atomic mass is 35.5. The average molecular weight is 401 g/mol. The molecule has 0 saturated heterocycles. The lowest BCUT2D eigenvalue weighted by molar-refractivity contribution is 0.0952. The Kier molecular flexibility index (Phi) is 5.32. The Morgan fingerprint density at radius 1 is 0.966 bits per heavy atom. The highest BCUT2D eigenvalue weighted by Crippen LogP contribution is 2.30. The highest BCUT2D eigenvalue weighted by molar-refractivity contribution is 6.35. The van der Waals surface area contributed by atoms with Crippen molar-refractivity contribution in [1.29, 1.82) is 0 Å². The molecule has 0 fully saturated rings. The molecular weight excluding hydrogens is 380 g/mol. The van der Waals surface area contributed by atoms with Gasteiger partial charge in [-0.3, -0.25) is 4.79 Å². The topological polar surface area (TPSA) is 42.0 Å². The molecule has 29 heavy (non-hydrogen) atoms. The molecule has 0 atom stereocenters. The van der Waals surface area contributed by atoms with Gasteiger partial charge in [0.2, 0.25) is 0 Å². The van der Waals surface area contributed by atoms with E-state index in [2.05, 4.69) is 5.32 Å². The molecule has 0 bridgehead atoms. The summed E-state index contributed by atoms with van der Waals surface area (Å²) in [6.45, 7) is 4.54. The first-order chi connectivity index (χ1) is 14.0. The lowest BCUT2D eigenvalue weighted by atomic mass is 10.0. The number of carbonyl (C=O) groups excluding carboxylic acids is 1. The smallest absolute Gasteiger partial charge is 0.252 e. The Bertz CT molecular complexity index is 1200. The third-order valence-electron chi connectivity index (χ3n) is 5.03. The molecule has 1 aromatic heterocycles. The number of hydrogen-bond donors (Lipinski definition) is 1. The van der Waals surface area contributed by atoms with E-state index >= 15 is 0 Å². The van der Waals surface area contributed by atoms with Crippen molar-refractivity contribution in [1.82, 2.24) is 10.3 Å². The van der Waals surface area contributed by atoms with E-state index in [-0.39, 0.29) is 5.91 Å². The quantitative estimate of drug-likeness (QED) is 0.449. The van der Waals surface area contributed by atoms with Crippen LogP contribution in [0.3, 0.4) is 0 Å². The molecule has 0 aliphatic heterocycles. The van der Waals surface area contributed by atoms with E-state index in [1.807, 2.05) is 80.6 Å². The Balaban J connectivity index is 1.76. The first kappa shape index (κ1) is 19.2. The number of amides is 1. The van der Waals surface area contributed by atoms with Crippen LogP contribution in [-0.2, 0) is 6.54 Å². The van der Waals surface area contributed by atoms with Crippen molar-refractivity contribution in [3.8, 4) is 11.3 Å². The van der Waals surface area contributed by atoms with Gasteiger partial charge >= 0.3 is 0 Å². The van der Waals surface area contributed by atoms with Crippen LogP contribution in [0.15, 0.2) is 72.8 Å². The number of aromatic nitrogens is 1. The van der Waals surface area contributed by atoms with Crippen LogP contribution >= 0.6 is 11.6 Å². The molecular formula is C25H21ClN2O. The third kappa shape index (κ3) is 4.01. The molecule has 3 nitrogen and oxygen atoms in total. The van der Waals surface area contributed by atoms with E-state index < -0.39 is 0 Å². The van der Waals surface area contributed by atoms with E-state index in [1.54, 1.807) is 6.07 Å². The molecule has 4 rings (SSSR count). The molecule has 3 aromatic carbocycles. The standard InChI is InChI=1S/C25H21ClN2O/c1-16-10-12-18(13-11-16)15-27-25(29)21-14-23(19-7-4-3-6-17(19)2)28-24-20(21)8-5-9-22(24)26/h3-14H,15H2,1-2H3,(H,27,29). The molecule has 4 heteroatoms. The highest BCUT2D eigenvalue weighted by Gasteiger charge is 2.16. The Hall–Kier alpha value is -3.17. The van der Waals surface area contributed by atoms with Crippen LogP contribution in [0, 0.1) is 13.8 Å². The summed E-state index contributed by atoms with van der Waals surface area (Å²) in [6, 6.07) is 23.5. The van der Waals surface area contributed by atoms with Gasteiger partial charge in [-0.1, -0.05) is 77.8 Å². The lowest BCUT2D eigenvalue weighted by Crippen LogP contribution is -2.23. The number of benzene rings is 3. The van der Waals surface area contributed by atoms with Crippen molar-refractivity contribution in [3.63, 3.8) is 0 Å². The molecule has 0 unspecified atom stereocenters. The second-order valence-electron chi connectivity index (χ2n) is 7.17. The van der Waals surface area contributed by atoms with Crippen LogP contribution in [0.4, 0.5) is 0 Å². The molecule has 0 spiro atoms. The van der Waals surface area contributed by atoms with E-state index in [9.17, 15) is 4.79 Å². The summed E-state index contributed by atoms with van der Waals surface area (Å²) in [7, 11) is 0. The van der Waals surface area contributed by atoms with E-state index in [0.717, 1.165) is 27.8 Å². The van der Waals surface area contributed by atoms with Gasteiger partial charge in [0.15, 0.2) is 0 Å². The summed E-state index contributed by atoms with van der Waals surface area (Å²) in [5.74, 6) is -0.143. The van der Waals surface area contributed by atoms with Gasteiger partial charge in [0.1, 0.15) is 0 Å². The maximum Gasteiger partial charge on any atom is 0.252 e. The minimum absolute atomic E-state index is 0.143. The minimum atomic E-state index is -0.143. The fourth-order valence-electron chi connectivity index (χ4n) is 3.38. The second kappa shape index (κ2) is 8.06. The predicted octanol–water partition coefficient (Wildman–Crippen LogP) is 6.10. The van der Waals surface area contributed by atoms with Gasteiger partial charge in [-0.2, -0.15) is 0 Å². The molecule has 1 amide bonds. The number of hydrogen-bond acceptors (Lipinski definition) is 2. The van der Waals surface area contributed by atoms with Crippen LogP contribution < -0.4 is 5.32 Å². The number of nitrogens with one attached hydrogen (secondary N) is 1. The van der Waals surface area contributed by atoms with Gasteiger partial charge < -0.3 is 5.32 Å². The number of fused-ring (bicyclic) bond motifs is 1. The summed E-state index contributed by atoms with van der Waals surface area (Å²) in [6.07, 6.45) is 0. The van der Waals surface area contributed by atoms with Gasteiger partial charge in [0, 0.05) is 17.5 Å². The number of halogens is 1. The first-order valence-electron chi connectivity index (χ1n) is 9.52. The molecule has 0 aliphatic carbocycles. The summed E-state index contributed by atoms with van der Waals surface area (Å²) in [4.78, 5) is 17.9. The van der Waals surface area contributed by atoms with Crippen molar-refractivity contribution in [3.05, 3.63) is 100 Å². The van der Waals surface area contributed by atoms with E-state index in [4.69, 9.17) is 16.6 Å². The monoisotopic (exact) mass is 400 g/mol. The second-order valence-corrected chi connectivity index (χ2v) is 7.58. The van der Waals surface area contributed by atoms with Crippen LogP contribution in [0.25, 0.3) is 22.2 Å². The lowest BCUT2D eigenvalue weighted by Gasteiger charge is -2.13. The summed E-state index contributed by atoms with van der Waals surface area (Å²) >= 11 is 6.43. The zero-order valence-electron chi connectivity index (χ0n) is 16.4. The van der Waals surface area contributed by atoms with Gasteiger partial charge in [-0.15, -0.1) is 0 Å². The van der Waals surface area contributed by atoms with Crippen LogP contribution in [0.5, 0.6) is 0 Å². The van der Waals surface area contributed by atoms with Crippen LogP contribution in [-0.4, -0.2) is 10.9 Å². The summed E-state index contributed by atoms with van der Waals surface area (Å²) in [5, 5.41) is 4.31. The minimum Gasteiger partial charge on any atom is -0.348 e.